The Morgan fingerprint density at radius 2 is 0.412 bits per heavy atom. The molecule has 0 aliphatic heterocycles. The molecule has 0 spiro atoms. The maximum absolute atomic E-state index is 8.52. The predicted octanol–water partition coefficient (Wildman–Crippen LogP) is -4.78. The summed E-state index contributed by atoms with van der Waals surface area (Å²) in [5, 5.41) is 0. The summed E-state index contributed by atoms with van der Waals surface area (Å²) in [6.45, 7) is 0. The normalized spacial score (nSPS) is 10.2. The summed E-state index contributed by atoms with van der Waals surface area (Å²) >= 11 is 0. The van der Waals surface area contributed by atoms with Gasteiger partial charge in [-0.2, -0.15) is 0 Å². The molecule has 0 saturated carbocycles. The zero-order chi connectivity index (χ0) is 13.5. The van der Waals surface area contributed by atoms with Crippen molar-refractivity contribution in [3.05, 3.63) is 0 Å². The maximum Gasteiger partial charge on any atom is 3.00 e. The van der Waals surface area contributed by atoms with Gasteiger partial charge in [0.15, 0.2) is 0 Å². The van der Waals surface area contributed by atoms with E-state index in [9.17, 15) is 0 Å². The van der Waals surface area contributed by atoms with E-state index < -0.39 is 31.2 Å². The van der Waals surface area contributed by atoms with Gasteiger partial charge in [-0.25, -0.2) is 0 Å². The van der Waals surface area contributed by atoms with Crippen LogP contribution < -0.4 is 0 Å². The van der Waals surface area contributed by atoms with E-state index in [1.54, 1.807) is 0 Å². The molecule has 96 valence electrons. The summed E-state index contributed by atoms with van der Waals surface area (Å²) in [6.07, 6.45) is 0. The van der Waals surface area contributed by atoms with Crippen LogP contribution in [-0.4, -0.2) is 104 Å². The van der Waals surface area contributed by atoms with Crippen molar-refractivity contribution in [3.63, 3.8) is 0 Å². The van der Waals surface area contributed by atoms with Crippen LogP contribution in [0.4, 0.5) is 0 Å². The fourth-order valence-corrected chi connectivity index (χ4v) is 0. The molecule has 0 aromatic rings. The molecule has 0 aromatic carbocycles. The van der Waals surface area contributed by atoms with Crippen LogP contribution in [0.25, 0.3) is 0 Å². The molecule has 12 nitrogen and oxygen atoms in total. The van der Waals surface area contributed by atoms with Crippen molar-refractivity contribution < 1.29 is 52.6 Å². The van der Waals surface area contributed by atoms with E-state index in [0.717, 1.165) is 0 Å². The number of hydrogen-bond donors (Lipinski definition) is 0. The van der Waals surface area contributed by atoms with Gasteiger partial charge in [0.1, 0.15) is 0 Å². The van der Waals surface area contributed by atoms with E-state index in [1.165, 1.54) is 0 Å². The summed E-state index contributed by atoms with van der Waals surface area (Å²) in [5.74, 6) is 0. The summed E-state index contributed by atoms with van der Waals surface area (Å²) in [5.41, 5.74) is 0. The molecule has 0 aliphatic rings. The Kier molecular flexibility index (Phi) is 22.6. The summed E-state index contributed by atoms with van der Waals surface area (Å²) in [7, 11) is -15.5. The Hall–Kier alpha value is 1.35. The summed E-state index contributed by atoms with van der Waals surface area (Å²) in [6, 6.07) is 0. The first-order chi connectivity index (χ1) is 6.00. The Morgan fingerprint density at radius 3 is 0.412 bits per heavy atom. The van der Waals surface area contributed by atoms with E-state index in [0.29, 0.717) is 0 Å². The Balaban J connectivity index is -0.0000000400. The van der Waals surface area contributed by atoms with E-state index in [1.807, 2.05) is 0 Å². The molecule has 0 fully saturated rings. The molecule has 0 atom stereocenters. The second kappa shape index (κ2) is 12.4. The molecule has 0 unspecified atom stereocenters. The SMILES string of the molecule is O=S(=O)([O-])[O-].O=S(=O)([O-])[O-].O=S(=O)([O-])[O-].[In+3].[In+3]. The Bertz CT molecular complexity index is 341. The third kappa shape index (κ3) is 2240. The third-order valence-corrected chi connectivity index (χ3v) is 0. The monoisotopic (exact) mass is 518 g/mol. The average molecular weight is 518 g/mol. The van der Waals surface area contributed by atoms with Crippen LogP contribution in [0.3, 0.4) is 0 Å². The second-order valence-corrected chi connectivity index (χ2v) is 3.67. The largest absolute Gasteiger partial charge is 3.00 e. The van der Waals surface area contributed by atoms with Gasteiger partial charge in [-0.3, -0.25) is 25.3 Å². The van der Waals surface area contributed by atoms with Crippen LogP contribution >= 0.6 is 0 Å². The van der Waals surface area contributed by atoms with E-state index in [2.05, 4.69) is 0 Å². The van der Waals surface area contributed by atoms with E-state index >= 15 is 0 Å². The van der Waals surface area contributed by atoms with Gasteiger partial charge in [-0.05, 0) is 0 Å². The fourth-order valence-electron chi connectivity index (χ4n) is 0. The van der Waals surface area contributed by atoms with E-state index in [4.69, 9.17) is 52.6 Å². The molecule has 0 heterocycles. The Morgan fingerprint density at radius 1 is 0.412 bits per heavy atom. The van der Waals surface area contributed by atoms with Gasteiger partial charge in [0, 0.05) is 31.2 Å². The average Bonchev–Trinajstić information content (AvgIpc) is 1.41. The van der Waals surface area contributed by atoms with Crippen molar-refractivity contribution in [1.82, 2.24) is 0 Å². The molecule has 0 N–H and O–H groups in total. The van der Waals surface area contributed by atoms with Crippen LogP contribution in [0.2, 0.25) is 0 Å². The van der Waals surface area contributed by atoms with Crippen LogP contribution in [0.5, 0.6) is 0 Å². The van der Waals surface area contributed by atoms with Crippen molar-refractivity contribution in [2.45, 2.75) is 0 Å². The summed E-state index contributed by atoms with van der Waals surface area (Å²) in [4.78, 5) is 0. The molecule has 0 bridgehead atoms. The molecular formula is In2O12S3. The molecule has 0 rings (SSSR count). The van der Waals surface area contributed by atoms with Crippen LogP contribution in [0.15, 0.2) is 0 Å². The minimum Gasteiger partial charge on any atom is -0.759 e. The van der Waals surface area contributed by atoms with Crippen molar-refractivity contribution in [1.29, 1.82) is 0 Å². The molecule has 17 heteroatoms. The van der Waals surface area contributed by atoms with Gasteiger partial charge >= 0.3 is 51.7 Å². The molecule has 0 aromatic heterocycles. The topological polar surface area (TPSA) is 241 Å². The zero-order valence-electron chi connectivity index (χ0n) is 7.28. The van der Waals surface area contributed by atoms with Gasteiger partial charge in [-0.15, -0.1) is 0 Å². The zero-order valence-corrected chi connectivity index (χ0v) is 16.3. The van der Waals surface area contributed by atoms with Crippen LogP contribution in [0, 0.1) is 0 Å². The van der Waals surface area contributed by atoms with Gasteiger partial charge in [0.2, 0.25) is 0 Å². The number of rotatable bonds is 0. The van der Waals surface area contributed by atoms with Gasteiger partial charge in [0.25, 0.3) is 0 Å². The first kappa shape index (κ1) is 31.0. The molecule has 0 amide bonds. The third-order valence-electron chi connectivity index (χ3n) is 0. The standard InChI is InChI=1S/2In.3H2O4S/c;;3*1-5(2,3)4/h;;3*(H2,1,2,3,4)/q2*+3;;;/p-6. The molecule has 17 heavy (non-hydrogen) atoms. The van der Waals surface area contributed by atoms with Crippen LogP contribution in [-0.2, 0) is 31.2 Å². The van der Waals surface area contributed by atoms with Gasteiger partial charge < -0.3 is 27.3 Å². The second-order valence-electron chi connectivity index (χ2n) is 1.22. The fraction of sp³-hybridized carbons (Fsp3) is 0. The smallest absolute Gasteiger partial charge is 0.759 e. The molecular weight excluding hydrogens is 518 g/mol. The molecule has 0 aliphatic carbocycles. The van der Waals surface area contributed by atoms with Crippen molar-refractivity contribution >= 4 is 82.9 Å². The minimum absolute atomic E-state index is 0. The molecule has 0 saturated heterocycles. The van der Waals surface area contributed by atoms with Crippen LogP contribution in [0.1, 0.15) is 0 Å². The van der Waals surface area contributed by atoms with Crippen molar-refractivity contribution in [3.8, 4) is 0 Å². The Labute approximate surface area is 134 Å². The maximum atomic E-state index is 8.52. The first-order valence-corrected chi connectivity index (χ1v) is 6.00. The summed E-state index contributed by atoms with van der Waals surface area (Å²) < 4.78 is 102. The quantitative estimate of drug-likeness (QED) is 0.217. The van der Waals surface area contributed by atoms with Gasteiger partial charge in [0.05, 0.1) is 0 Å². The first-order valence-electron chi connectivity index (χ1n) is 2.00. The number of hydrogen-bond acceptors (Lipinski definition) is 12. The van der Waals surface area contributed by atoms with Crippen molar-refractivity contribution in [2.24, 2.45) is 0 Å². The minimum atomic E-state index is -5.17. The predicted molar refractivity (Wildman–Crippen MR) is 42.9 cm³/mol. The van der Waals surface area contributed by atoms with Crippen molar-refractivity contribution in [2.75, 3.05) is 0 Å². The molecule has 0 radical (unpaired) electrons. The van der Waals surface area contributed by atoms with Gasteiger partial charge in [-0.1, -0.05) is 0 Å². The van der Waals surface area contributed by atoms with E-state index in [-0.39, 0.29) is 51.7 Å².